The Balaban J connectivity index is 1.45. The highest BCUT2D eigenvalue weighted by Crippen LogP contribution is 2.33. The normalized spacial score (nSPS) is 11.6. The fraction of sp³-hybridized carbons (Fsp3) is 0.0417. The number of aromatic nitrogens is 2. The van der Waals surface area contributed by atoms with Gasteiger partial charge in [-0.15, -0.1) is 11.3 Å². The molecule has 0 atom stereocenters. The molecule has 0 radical (unpaired) electrons. The van der Waals surface area contributed by atoms with Crippen LogP contribution in [-0.2, 0) is 14.8 Å². The number of rotatable bonds is 7. The van der Waals surface area contributed by atoms with Crippen molar-refractivity contribution in [1.29, 1.82) is 0 Å². The van der Waals surface area contributed by atoms with Crippen molar-refractivity contribution in [3.63, 3.8) is 0 Å². The average Bonchev–Trinajstić information content (AvgIpc) is 3.53. The van der Waals surface area contributed by atoms with Crippen LogP contribution in [0.15, 0.2) is 97.6 Å². The molecule has 0 spiro atoms. The van der Waals surface area contributed by atoms with Gasteiger partial charge in [-0.05, 0) is 48.5 Å². The number of furan rings is 1. The predicted octanol–water partition coefficient (Wildman–Crippen LogP) is 4.09. The van der Waals surface area contributed by atoms with Crippen molar-refractivity contribution in [1.82, 2.24) is 9.55 Å². The minimum atomic E-state index is -3.82. The number of thiophene rings is 1. The molecule has 0 bridgehead atoms. The highest BCUT2D eigenvalue weighted by Gasteiger charge is 2.20. The van der Waals surface area contributed by atoms with Gasteiger partial charge in [0.2, 0.25) is 15.9 Å². The van der Waals surface area contributed by atoms with Crippen molar-refractivity contribution in [2.45, 2.75) is 10.1 Å². The van der Waals surface area contributed by atoms with Crippen LogP contribution in [0.2, 0.25) is 0 Å². The maximum absolute atomic E-state index is 13.7. The number of carbonyl (C=O) groups excluding carboxylic acids is 1. The summed E-state index contributed by atoms with van der Waals surface area (Å²) in [5, 5.41) is 10.5. The highest BCUT2D eigenvalue weighted by molar-refractivity contribution is 7.99. The van der Waals surface area contributed by atoms with Crippen molar-refractivity contribution in [3.8, 4) is 17.0 Å². The SMILES string of the molecule is NS(=O)(=O)c1ccc(NC(=O)CSc2nc3scc(-c4ccco4)c3c(=O)n2-c2ccccc2)cc1. The Morgan fingerprint density at radius 1 is 1.08 bits per heavy atom. The monoisotopic (exact) mass is 538 g/mol. The Bertz CT molecular complexity index is 1710. The topological polar surface area (TPSA) is 137 Å². The van der Waals surface area contributed by atoms with Crippen LogP contribution in [0, 0.1) is 0 Å². The van der Waals surface area contributed by atoms with E-state index in [9.17, 15) is 18.0 Å². The first-order valence-electron chi connectivity index (χ1n) is 10.5. The molecule has 2 aromatic carbocycles. The van der Waals surface area contributed by atoms with Gasteiger partial charge < -0.3 is 9.73 Å². The minimum absolute atomic E-state index is 0.0296. The Kier molecular flexibility index (Phi) is 6.49. The summed E-state index contributed by atoms with van der Waals surface area (Å²) in [4.78, 5) is 31.5. The van der Waals surface area contributed by atoms with Crippen molar-refractivity contribution < 1.29 is 17.6 Å². The van der Waals surface area contributed by atoms with Crippen LogP contribution >= 0.6 is 23.1 Å². The van der Waals surface area contributed by atoms with E-state index in [1.54, 1.807) is 30.5 Å². The summed E-state index contributed by atoms with van der Waals surface area (Å²) < 4.78 is 29.8. The van der Waals surface area contributed by atoms with Crippen LogP contribution in [-0.4, -0.2) is 29.6 Å². The summed E-state index contributed by atoms with van der Waals surface area (Å²) in [6.45, 7) is 0. The molecule has 0 fully saturated rings. The second kappa shape index (κ2) is 9.74. The molecule has 36 heavy (non-hydrogen) atoms. The molecule has 0 aliphatic carbocycles. The van der Waals surface area contributed by atoms with Gasteiger partial charge in [0.15, 0.2) is 5.16 Å². The standard InChI is InChI=1S/C24H18N4O5S3/c25-36(31,32)17-10-8-15(9-11-17)26-20(29)14-35-24-27-22-21(18(13-34-22)19-7-4-12-33-19)23(30)28(24)16-5-2-1-3-6-16/h1-13H,14H2,(H,26,29)(H2,25,31,32). The van der Waals surface area contributed by atoms with E-state index in [1.807, 2.05) is 23.6 Å². The summed E-state index contributed by atoms with van der Waals surface area (Å²) in [7, 11) is -3.82. The lowest BCUT2D eigenvalue weighted by Gasteiger charge is -2.12. The van der Waals surface area contributed by atoms with Gasteiger partial charge >= 0.3 is 0 Å². The predicted molar refractivity (Wildman–Crippen MR) is 140 cm³/mol. The minimum Gasteiger partial charge on any atom is -0.464 e. The van der Waals surface area contributed by atoms with E-state index in [4.69, 9.17) is 14.5 Å². The van der Waals surface area contributed by atoms with Gasteiger partial charge in [0.05, 0.1) is 28.0 Å². The molecule has 5 aromatic rings. The van der Waals surface area contributed by atoms with Crippen LogP contribution in [0.1, 0.15) is 0 Å². The van der Waals surface area contributed by atoms with Crippen LogP contribution in [0.25, 0.3) is 27.2 Å². The summed E-state index contributed by atoms with van der Waals surface area (Å²) in [5.41, 5.74) is 1.44. The molecule has 0 aliphatic rings. The van der Waals surface area contributed by atoms with E-state index in [1.165, 1.54) is 40.2 Å². The van der Waals surface area contributed by atoms with E-state index in [-0.39, 0.29) is 22.1 Å². The third-order valence-corrected chi connectivity index (χ3v) is 7.92. The molecular weight excluding hydrogens is 520 g/mol. The fourth-order valence-corrected chi connectivity index (χ4v) is 5.84. The zero-order valence-electron chi connectivity index (χ0n) is 18.5. The number of nitrogens with zero attached hydrogens (tertiary/aromatic N) is 2. The highest BCUT2D eigenvalue weighted by atomic mass is 32.2. The molecule has 12 heteroatoms. The van der Waals surface area contributed by atoms with Gasteiger partial charge in [-0.25, -0.2) is 18.5 Å². The van der Waals surface area contributed by atoms with Gasteiger partial charge in [-0.2, -0.15) is 0 Å². The van der Waals surface area contributed by atoms with Crippen LogP contribution in [0.4, 0.5) is 5.69 Å². The van der Waals surface area contributed by atoms with Gasteiger partial charge in [0.25, 0.3) is 5.56 Å². The molecule has 0 unspecified atom stereocenters. The molecule has 5 rings (SSSR count). The second-order valence-corrected chi connectivity index (χ2v) is 10.9. The number of hydrogen-bond acceptors (Lipinski definition) is 8. The van der Waals surface area contributed by atoms with Crippen LogP contribution < -0.4 is 16.0 Å². The van der Waals surface area contributed by atoms with E-state index in [2.05, 4.69) is 5.32 Å². The van der Waals surface area contributed by atoms with Gasteiger partial charge in [0, 0.05) is 16.6 Å². The zero-order chi connectivity index (χ0) is 25.3. The summed E-state index contributed by atoms with van der Waals surface area (Å²) in [6.07, 6.45) is 1.55. The number of nitrogens with one attached hydrogen (secondary N) is 1. The Hall–Kier alpha value is -3.71. The number of anilines is 1. The molecule has 1 amide bonds. The number of nitrogens with two attached hydrogens (primary N) is 1. The zero-order valence-corrected chi connectivity index (χ0v) is 20.9. The lowest BCUT2D eigenvalue weighted by atomic mass is 10.2. The lowest BCUT2D eigenvalue weighted by Crippen LogP contribution is -2.22. The molecule has 3 aromatic heterocycles. The molecule has 0 aliphatic heterocycles. The van der Waals surface area contributed by atoms with Gasteiger partial charge in [-0.3, -0.25) is 14.2 Å². The number of amides is 1. The van der Waals surface area contributed by atoms with Crippen molar-refractivity contribution in [2.24, 2.45) is 5.14 Å². The Morgan fingerprint density at radius 2 is 1.83 bits per heavy atom. The summed E-state index contributed by atoms with van der Waals surface area (Å²) >= 11 is 2.45. The first-order chi connectivity index (χ1) is 17.3. The molecule has 0 saturated heterocycles. The largest absolute Gasteiger partial charge is 0.464 e. The maximum atomic E-state index is 13.7. The summed E-state index contributed by atoms with van der Waals surface area (Å²) in [5.74, 6) is 0.200. The number of benzene rings is 2. The van der Waals surface area contributed by atoms with Crippen molar-refractivity contribution >= 4 is 54.9 Å². The van der Waals surface area contributed by atoms with E-state index in [0.29, 0.717) is 38.1 Å². The number of primary sulfonamides is 1. The van der Waals surface area contributed by atoms with Crippen molar-refractivity contribution in [3.05, 3.63) is 88.7 Å². The third kappa shape index (κ3) is 4.84. The first-order valence-corrected chi connectivity index (χ1v) is 13.9. The number of sulfonamides is 1. The molecule has 0 saturated carbocycles. The van der Waals surface area contributed by atoms with Gasteiger partial charge in [0.1, 0.15) is 10.6 Å². The van der Waals surface area contributed by atoms with E-state index >= 15 is 0 Å². The number of fused-ring (bicyclic) bond motifs is 1. The number of hydrogen-bond donors (Lipinski definition) is 2. The molecular formula is C24H18N4O5S3. The van der Waals surface area contributed by atoms with Crippen LogP contribution in [0.3, 0.4) is 0 Å². The van der Waals surface area contributed by atoms with E-state index in [0.717, 1.165) is 11.8 Å². The Labute approximate surface area is 213 Å². The summed E-state index contributed by atoms with van der Waals surface area (Å²) in [6, 6.07) is 18.2. The molecule has 182 valence electrons. The average molecular weight is 539 g/mol. The second-order valence-electron chi connectivity index (χ2n) is 7.58. The van der Waals surface area contributed by atoms with Gasteiger partial charge in [-0.1, -0.05) is 30.0 Å². The number of carbonyl (C=O) groups is 1. The molecule has 3 heterocycles. The smallest absolute Gasteiger partial charge is 0.268 e. The number of thioether (sulfide) groups is 1. The lowest BCUT2D eigenvalue weighted by molar-refractivity contribution is -0.113. The van der Waals surface area contributed by atoms with E-state index < -0.39 is 10.0 Å². The van der Waals surface area contributed by atoms with Crippen LogP contribution in [0.5, 0.6) is 0 Å². The number of para-hydroxylation sites is 1. The Morgan fingerprint density at radius 3 is 2.50 bits per heavy atom. The maximum Gasteiger partial charge on any atom is 0.268 e. The van der Waals surface area contributed by atoms with Crippen molar-refractivity contribution in [2.75, 3.05) is 11.1 Å². The fourth-order valence-electron chi connectivity index (χ4n) is 3.54. The third-order valence-electron chi connectivity index (χ3n) is 5.18. The first kappa shape index (κ1) is 24.0. The molecule has 9 nitrogen and oxygen atoms in total. The quantitative estimate of drug-likeness (QED) is 0.235. The molecule has 3 N–H and O–H groups in total.